The van der Waals surface area contributed by atoms with Crippen LogP contribution in [-0.2, 0) is 11.3 Å². The second-order valence-electron chi connectivity index (χ2n) is 3.75. The average molecular weight is 210 g/mol. The SMILES string of the molecule is N[C@H]1CCCN(C(=O)Cn2cnnn2)C1. The fraction of sp³-hybridized carbons (Fsp3) is 0.750. The fourth-order valence-electron chi connectivity index (χ4n) is 1.73. The molecule has 0 radical (unpaired) electrons. The molecule has 1 atom stereocenters. The van der Waals surface area contributed by atoms with Crippen molar-refractivity contribution in [2.75, 3.05) is 13.1 Å². The Kier molecular flexibility index (Phi) is 2.91. The molecule has 2 N–H and O–H groups in total. The highest BCUT2D eigenvalue weighted by Crippen LogP contribution is 2.08. The summed E-state index contributed by atoms with van der Waals surface area (Å²) in [5.41, 5.74) is 5.80. The van der Waals surface area contributed by atoms with Crippen LogP contribution in [0.1, 0.15) is 12.8 Å². The largest absolute Gasteiger partial charge is 0.340 e. The number of tetrazole rings is 1. The molecule has 2 rings (SSSR count). The predicted octanol–water partition coefficient (Wildman–Crippen LogP) is -1.38. The summed E-state index contributed by atoms with van der Waals surface area (Å²) in [5.74, 6) is 0.0254. The van der Waals surface area contributed by atoms with Crippen molar-refractivity contribution in [3.63, 3.8) is 0 Å². The van der Waals surface area contributed by atoms with Gasteiger partial charge < -0.3 is 10.6 Å². The number of amides is 1. The molecule has 0 bridgehead atoms. The zero-order chi connectivity index (χ0) is 10.7. The minimum Gasteiger partial charge on any atom is -0.340 e. The summed E-state index contributed by atoms with van der Waals surface area (Å²) in [6.45, 7) is 1.62. The first-order valence-electron chi connectivity index (χ1n) is 5.00. The van der Waals surface area contributed by atoms with E-state index in [-0.39, 0.29) is 18.5 Å². The van der Waals surface area contributed by atoms with E-state index in [9.17, 15) is 4.79 Å². The third-order valence-electron chi connectivity index (χ3n) is 2.50. The number of aromatic nitrogens is 4. The number of carbonyl (C=O) groups excluding carboxylic acids is 1. The molecule has 82 valence electrons. The lowest BCUT2D eigenvalue weighted by Gasteiger charge is -2.30. The van der Waals surface area contributed by atoms with Gasteiger partial charge in [-0.25, -0.2) is 4.68 Å². The molecule has 2 heterocycles. The highest BCUT2D eigenvalue weighted by Gasteiger charge is 2.21. The van der Waals surface area contributed by atoms with Gasteiger partial charge in [-0.15, -0.1) is 5.10 Å². The highest BCUT2D eigenvalue weighted by atomic mass is 16.2. The quantitative estimate of drug-likeness (QED) is 0.650. The van der Waals surface area contributed by atoms with Crippen LogP contribution in [0.2, 0.25) is 0 Å². The Bertz CT molecular complexity index is 324. The van der Waals surface area contributed by atoms with E-state index in [1.807, 2.05) is 0 Å². The summed E-state index contributed by atoms with van der Waals surface area (Å²) in [4.78, 5) is 13.5. The second-order valence-corrected chi connectivity index (χ2v) is 3.75. The highest BCUT2D eigenvalue weighted by molar-refractivity contribution is 5.76. The number of likely N-dealkylation sites (tertiary alicyclic amines) is 1. The Morgan fingerprint density at radius 2 is 2.47 bits per heavy atom. The molecular weight excluding hydrogens is 196 g/mol. The maximum Gasteiger partial charge on any atom is 0.244 e. The van der Waals surface area contributed by atoms with Gasteiger partial charge in [0.25, 0.3) is 0 Å². The molecule has 7 heteroatoms. The molecule has 0 unspecified atom stereocenters. The molecule has 1 aliphatic rings. The molecular formula is C8H14N6O. The van der Waals surface area contributed by atoms with Crippen LogP contribution in [0.25, 0.3) is 0 Å². The van der Waals surface area contributed by atoms with E-state index in [2.05, 4.69) is 15.5 Å². The van der Waals surface area contributed by atoms with E-state index < -0.39 is 0 Å². The monoisotopic (exact) mass is 210 g/mol. The first kappa shape index (κ1) is 10.0. The van der Waals surface area contributed by atoms with E-state index >= 15 is 0 Å². The number of hydrogen-bond acceptors (Lipinski definition) is 5. The summed E-state index contributed by atoms with van der Waals surface area (Å²) in [5, 5.41) is 10.6. The fourth-order valence-corrected chi connectivity index (χ4v) is 1.73. The Morgan fingerprint density at radius 3 is 3.13 bits per heavy atom. The van der Waals surface area contributed by atoms with Crippen LogP contribution < -0.4 is 5.73 Å². The van der Waals surface area contributed by atoms with E-state index in [0.717, 1.165) is 19.4 Å². The van der Waals surface area contributed by atoms with Gasteiger partial charge >= 0.3 is 0 Å². The Labute approximate surface area is 87.2 Å². The van der Waals surface area contributed by atoms with Gasteiger partial charge in [-0.3, -0.25) is 4.79 Å². The van der Waals surface area contributed by atoms with Crippen molar-refractivity contribution in [2.45, 2.75) is 25.4 Å². The summed E-state index contributed by atoms with van der Waals surface area (Å²) in [6, 6.07) is 0.108. The lowest BCUT2D eigenvalue weighted by Crippen LogP contribution is -2.46. The standard InChI is InChI=1S/C8H14N6O/c9-7-2-1-3-13(4-7)8(15)5-14-6-10-11-12-14/h6-7H,1-5,9H2/t7-/m0/s1. The smallest absolute Gasteiger partial charge is 0.244 e. The van der Waals surface area contributed by atoms with Gasteiger partial charge in [0.1, 0.15) is 12.9 Å². The van der Waals surface area contributed by atoms with E-state index in [1.165, 1.54) is 11.0 Å². The lowest BCUT2D eigenvalue weighted by molar-refractivity contribution is -0.133. The van der Waals surface area contributed by atoms with Crippen molar-refractivity contribution in [1.82, 2.24) is 25.1 Å². The number of nitrogens with zero attached hydrogens (tertiary/aromatic N) is 5. The van der Waals surface area contributed by atoms with Crippen LogP contribution in [0.15, 0.2) is 6.33 Å². The van der Waals surface area contributed by atoms with Crippen molar-refractivity contribution >= 4 is 5.91 Å². The molecule has 1 aromatic rings. The number of carbonyl (C=O) groups is 1. The third kappa shape index (κ3) is 2.50. The van der Waals surface area contributed by atoms with Crippen molar-refractivity contribution in [2.24, 2.45) is 5.73 Å². The molecule has 0 saturated carbocycles. The van der Waals surface area contributed by atoms with Crippen LogP contribution in [-0.4, -0.2) is 50.1 Å². The molecule has 1 saturated heterocycles. The van der Waals surface area contributed by atoms with E-state index in [4.69, 9.17) is 5.73 Å². The molecule has 0 spiro atoms. The van der Waals surface area contributed by atoms with Gasteiger partial charge in [0.2, 0.25) is 5.91 Å². The van der Waals surface area contributed by atoms with Crippen LogP contribution >= 0.6 is 0 Å². The van der Waals surface area contributed by atoms with Crippen LogP contribution in [0.5, 0.6) is 0 Å². The minimum atomic E-state index is 0.0254. The summed E-state index contributed by atoms with van der Waals surface area (Å²) < 4.78 is 1.42. The van der Waals surface area contributed by atoms with Crippen LogP contribution in [0.3, 0.4) is 0 Å². The minimum absolute atomic E-state index is 0.0254. The van der Waals surface area contributed by atoms with Gasteiger partial charge in [-0.1, -0.05) is 0 Å². The van der Waals surface area contributed by atoms with Crippen molar-refractivity contribution < 1.29 is 4.79 Å². The molecule has 0 aliphatic carbocycles. The lowest BCUT2D eigenvalue weighted by atomic mass is 10.1. The zero-order valence-electron chi connectivity index (χ0n) is 8.41. The maximum atomic E-state index is 11.8. The second kappa shape index (κ2) is 4.35. The molecule has 1 aliphatic heterocycles. The van der Waals surface area contributed by atoms with E-state index in [1.54, 1.807) is 4.90 Å². The average Bonchev–Trinajstić information content (AvgIpc) is 2.70. The molecule has 15 heavy (non-hydrogen) atoms. The van der Waals surface area contributed by atoms with Gasteiger partial charge in [-0.05, 0) is 23.3 Å². The maximum absolute atomic E-state index is 11.8. The molecule has 0 aromatic carbocycles. The molecule has 7 nitrogen and oxygen atoms in total. The van der Waals surface area contributed by atoms with Crippen LogP contribution in [0, 0.1) is 0 Å². The third-order valence-corrected chi connectivity index (χ3v) is 2.50. The molecule has 1 fully saturated rings. The number of rotatable bonds is 2. The number of piperidine rings is 1. The Balaban J connectivity index is 1.90. The van der Waals surface area contributed by atoms with Crippen molar-refractivity contribution in [3.8, 4) is 0 Å². The zero-order valence-corrected chi connectivity index (χ0v) is 8.41. The van der Waals surface area contributed by atoms with Gasteiger partial charge in [0.05, 0.1) is 0 Å². The normalized spacial score (nSPS) is 21.7. The first-order valence-corrected chi connectivity index (χ1v) is 5.00. The summed E-state index contributed by atoms with van der Waals surface area (Å²) >= 11 is 0. The number of hydrogen-bond donors (Lipinski definition) is 1. The number of nitrogens with two attached hydrogens (primary N) is 1. The predicted molar refractivity (Wildman–Crippen MR) is 51.6 cm³/mol. The Hall–Kier alpha value is -1.50. The van der Waals surface area contributed by atoms with E-state index in [0.29, 0.717) is 6.54 Å². The Morgan fingerprint density at radius 1 is 1.60 bits per heavy atom. The van der Waals surface area contributed by atoms with Gasteiger partial charge in [-0.2, -0.15) is 0 Å². The van der Waals surface area contributed by atoms with Crippen LogP contribution in [0.4, 0.5) is 0 Å². The molecule has 1 aromatic heterocycles. The van der Waals surface area contributed by atoms with Crippen molar-refractivity contribution in [1.29, 1.82) is 0 Å². The van der Waals surface area contributed by atoms with Gasteiger partial charge in [0.15, 0.2) is 0 Å². The van der Waals surface area contributed by atoms with Crippen molar-refractivity contribution in [3.05, 3.63) is 6.33 Å². The van der Waals surface area contributed by atoms with Gasteiger partial charge in [0, 0.05) is 19.1 Å². The summed E-state index contributed by atoms with van der Waals surface area (Å²) in [7, 11) is 0. The topological polar surface area (TPSA) is 89.9 Å². The summed E-state index contributed by atoms with van der Waals surface area (Å²) in [6.07, 6.45) is 3.40. The molecule has 1 amide bonds. The first-order chi connectivity index (χ1) is 7.25.